The van der Waals surface area contributed by atoms with Crippen molar-refractivity contribution in [1.29, 1.82) is 0 Å². The van der Waals surface area contributed by atoms with Gasteiger partial charge in [0, 0.05) is 0 Å². The van der Waals surface area contributed by atoms with Crippen molar-refractivity contribution in [1.82, 2.24) is 0 Å². The fraction of sp³-hybridized carbons (Fsp3) is 0. The molecule has 3 N–H and O–H groups in total. The molecule has 0 spiro atoms. The summed E-state index contributed by atoms with van der Waals surface area (Å²) in [6.45, 7) is 0. The highest BCUT2D eigenvalue weighted by atomic mass is 32.2. The lowest BCUT2D eigenvalue weighted by atomic mass is 10.3. The number of nitro groups is 1. The van der Waals surface area contributed by atoms with Gasteiger partial charge in [0.2, 0.25) is 10.0 Å². The number of phenols is 1. The number of hydrogen-bond acceptors (Lipinski definition) is 5. The lowest BCUT2D eigenvalue weighted by Gasteiger charge is -2.00. The van der Waals surface area contributed by atoms with Crippen molar-refractivity contribution in [3.8, 4) is 5.75 Å². The lowest BCUT2D eigenvalue weighted by Crippen LogP contribution is -2.14. The van der Waals surface area contributed by atoms with Gasteiger partial charge in [0.1, 0.15) is 0 Å². The quantitative estimate of drug-likeness (QED) is 0.531. The number of nitro benzene ring substituents is 1. The predicted octanol–water partition coefficient (Wildman–Crippen LogP) is -0.0522. The van der Waals surface area contributed by atoms with Crippen molar-refractivity contribution in [3.63, 3.8) is 0 Å². The van der Waals surface area contributed by atoms with Crippen molar-refractivity contribution in [2.45, 2.75) is 4.90 Å². The first-order valence-electron chi connectivity index (χ1n) is 3.33. The molecule has 1 aromatic rings. The SMILES string of the molecule is NS(=O)(=O)c1cccc(O)c1[N+](=O)[O-]. The summed E-state index contributed by atoms with van der Waals surface area (Å²) in [5.41, 5.74) is -0.907. The van der Waals surface area contributed by atoms with E-state index in [1.807, 2.05) is 0 Å². The Labute approximate surface area is 79.0 Å². The smallest absolute Gasteiger partial charge is 0.330 e. The van der Waals surface area contributed by atoms with Crippen LogP contribution in [0.25, 0.3) is 0 Å². The molecule has 76 valence electrons. The van der Waals surface area contributed by atoms with Crippen molar-refractivity contribution < 1.29 is 18.4 Å². The molecular formula is C6H6N2O5S. The number of nitrogens with two attached hydrogens (primary N) is 1. The van der Waals surface area contributed by atoms with Crippen LogP contribution in [0.4, 0.5) is 5.69 Å². The van der Waals surface area contributed by atoms with Gasteiger partial charge in [-0.05, 0) is 12.1 Å². The van der Waals surface area contributed by atoms with E-state index in [0.717, 1.165) is 18.2 Å². The predicted molar refractivity (Wildman–Crippen MR) is 46.1 cm³/mol. The van der Waals surface area contributed by atoms with E-state index in [1.165, 1.54) is 0 Å². The Kier molecular flexibility index (Phi) is 2.41. The van der Waals surface area contributed by atoms with Gasteiger partial charge >= 0.3 is 5.69 Å². The van der Waals surface area contributed by atoms with Gasteiger partial charge in [-0.1, -0.05) is 6.07 Å². The third kappa shape index (κ3) is 1.80. The highest BCUT2D eigenvalue weighted by Crippen LogP contribution is 2.31. The van der Waals surface area contributed by atoms with Gasteiger partial charge in [-0.2, -0.15) is 0 Å². The minimum Gasteiger partial charge on any atom is -0.502 e. The molecule has 0 aliphatic carbocycles. The van der Waals surface area contributed by atoms with E-state index in [4.69, 9.17) is 10.2 Å². The second-order valence-electron chi connectivity index (χ2n) is 2.43. The van der Waals surface area contributed by atoms with Crippen molar-refractivity contribution in [2.75, 3.05) is 0 Å². The standard InChI is InChI=1S/C6H6N2O5S/c7-14(12,13)5-3-1-2-4(9)6(5)8(10)11/h1-3,9H,(H2,7,12,13). The largest absolute Gasteiger partial charge is 0.502 e. The molecule has 0 unspecified atom stereocenters. The molecule has 0 saturated heterocycles. The summed E-state index contributed by atoms with van der Waals surface area (Å²) in [5.74, 6) is -0.735. The highest BCUT2D eigenvalue weighted by molar-refractivity contribution is 7.89. The number of benzene rings is 1. The van der Waals surface area contributed by atoms with E-state index in [1.54, 1.807) is 0 Å². The van der Waals surface area contributed by atoms with E-state index in [0.29, 0.717) is 0 Å². The number of hydrogen-bond donors (Lipinski definition) is 2. The van der Waals surface area contributed by atoms with Crippen LogP contribution in [0.2, 0.25) is 0 Å². The minimum atomic E-state index is -4.20. The van der Waals surface area contributed by atoms with E-state index < -0.39 is 31.3 Å². The average molecular weight is 218 g/mol. The Hall–Kier alpha value is -1.67. The molecule has 0 aromatic heterocycles. The molecule has 0 saturated carbocycles. The molecule has 0 aliphatic heterocycles. The Balaban J connectivity index is 3.61. The zero-order valence-electron chi connectivity index (χ0n) is 6.75. The topological polar surface area (TPSA) is 124 Å². The number of aromatic hydroxyl groups is 1. The lowest BCUT2D eigenvalue weighted by molar-refractivity contribution is -0.388. The maximum absolute atomic E-state index is 10.9. The van der Waals surface area contributed by atoms with Crippen LogP contribution in [0, 0.1) is 10.1 Å². The molecule has 8 heteroatoms. The van der Waals surface area contributed by atoms with Gasteiger partial charge in [0.15, 0.2) is 10.6 Å². The number of primary sulfonamides is 1. The monoisotopic (exact) mass is 218 g/mol. The Morgan fingerprint density at radius 3 is 2.36 bits per heavy atom. The molecule has 1 rings (SSSR count). The minimum absolute atomic E-state index is 0.706. The molecule has 0 bridgehead atoms. The molecule has 0 atom stereocenters. The Morgan fingerprint density at radius 1 is 1.43 bits per heavy atom. The Morgan fingerprint density at radius 2 is 2.00 bits per heavy atom. The highest BCUT2D eigenvalue weighted by Gasteiger charge is 2.26. The van der Waals surface area contributed by atoms with E-state index >= 15 is 0 Å². The first-order chi connectivity index (χ1) is 6.34. The van der Waals surface area contributed by atoms with E-state index in [9.17, 15) is 18.5 Å². The fourth-order valence-corrected chi connectivity index (χ4v) is 1.64. The van der Waals surface area contributed by atoms with Crippen LogP contribution in [-0.2, 0) is 10.0 Å². The maximum atomic E-state index is 10.9. The van der Waals surface area contributed by atoms with Crippen molar-refractivity contribution >= 4 is 15.7 Å². The van der Waals surface area contributed by atoms with E-state index in [2.05, 4.69) is 0 Å². The van der Waals surface area contributed by atoms with Gasteiger partial charge in [0.05, 0.1) is 4.92 Å². The van der Waals surface area contributed by atoms with Gasteiger partial charge < -0.3 is 5.11 Å². The molecule has 0 aliphatic rings. The summed E-state index contributed by atoms with van der Waals surface area (Å²) < 4.78 is 21.7. The van der Waals surface area contributed by atoms with Crippen LogP contribution in [-0.4, -0.2) is 18.4 Å². The van der Waals surface area contributed by atoms with Crippen molar-refractivity contribution in [2.24, 2.45) is 5.14 Å². The molecule has 0 radical (unpaired) electrons. The third-order valence-electron chi connectivity index (χ3n) is 1.47. The molecule has 14 heavy (non-hydrogen) atoms. The summed E-state index contributed by atoms with van der Waals surface area (Å²) in [7, 11) is -4.20. The average Bonchev–Trinajstić information content (AvgIpc) is 2.01. The second-order valence-corrected chi connectivity index (χ2v) is 3.96. The molecule has 1 aromatic carbocycles. The Bertz CT molecular complexity index is 481. The number of phenolic OH excluding ortho intramolecular Hbond substituents is 1. The van der Waals surface area contributed by atoms with Gasteiger partial charge in [0.25, 0.3) is 0 Å². The summed E-state index contributed by atoms with van der Waals surface area (Å²) in [4.78, 5) is 8.70. The van der Waals surface area contributed by atoms with Crippen LogP contribution in [0.5, 0.6) is 5.75 Å². The van der Waals surface area contributed by atoms with Crippen LogP contribution in [0.1, 0.15) is 0 Å². The van der Waals surface area contributed by atoms with Crippen LogP contribution >= 0.6 is 0 Å². The van der Waals surface area contributed by atoms with Gasteiger partial charge in [-0.15, -0.1) is 0 Å². The summed E-state index contributed by atoms with van der Waals surface area (Å²) in [5, 5.41) is 24.2. The number of nitrogens with zero attached hydrogens (tertiary/aromatic N) is 1. The molecule has 0 heterocycles. The maximum Gasteiger partial charge on any atom is 0.330 e. The molecule has 7 nitrogen and oxygen atoms in total. The summed E-state index contributed by atoms with van der Waals surface area (Å²) in [6.07, 6.45) is 0. The van der Waals surface area contributed by atoms with Crippen LogP contribution in [0.3, 0.4) is 0 Å². The van der Waals surface area contributed by atoms with Gasteiger partial charge in [-0.25, -0.2) is 13.6 Å². The fourth-order valence-electron chi connectivity index (χ4n) is 0.924. The normalized spacial score (nSPS) is 11.2. The first kappa shape index (κ1) is 10.4. The van der Waals surface area contributed by atoms with Gasteiger partial charge in [-0.3, -0.25) is 10.1 Å². The second kappa shape index (κ2) is 3.24. The summed E-state index contributed by atoms with van der Waals surface area (Å²) >= 11 is 0. The zero-order valence-corrected chi connectivity index (χ0v) is 7.56. The number of para-hydroxylation sites is 1. The van der Waals surface area contributed by atoms with Crippen LogP contribution in [0.15, 0.2) is 23.1 Å². The molecule has 0 fully saturated rings. The number of sulfonamides is 1. The van der Waals surface area contributed by atoms with E-state index in [-0.39, 0.29) is 0 Å². The summed E-state index contributed by atoms with van der Waals surface area (Å²) in [6, 6.07) is 3.11. The molecule has 0 amide bonds. The van der Waals surface area contributed by atoms with Crippen molar-refractivity contribution in [3.05, 3.63) is 28.3 Å². The van der Waals surface area contributed by atoms with Crippen LogP contribution < -0.4 is 5.14 Å². The number of rotatable bonds is 2. The first-order valence-corrected chi connectivity index (χ1v) is 4.88. The third-order valence-corrected chi connectivity index (χ3v) is 2.41. The molecular weight excluding hydrogens is 212 g/mol. The zero-order chi connectivity index (χ0) is 10.9.